The lowest BCUT2D eigenvalue weighted by molar-refractivity contribution is -0.252. The molecule has 1 aliphatic rings. The number of aromatic hydroxyl groups is 1. The standard InChI is InChI=1S/C38H43N3O8/c1-41(23-34(44)29-9-6-10-31(43)20-29)22-32-21-35(27-13-11-26(24-42)12-14-27)49-37(48-32)28-15-17-30(18-16-28)39-38(46)40-33(36(45)47-2)19-25-7-4-3-5-8-25/h3-18,20,32-35,37,42-44H,19,21-24H2,1-2H3,(H2,39,40,46)/t32-,33+,34-,35+,37+/m1/s1. The minimum absolute atomic E-state index is 0.0543. The molecule has 0 spiro atoms. The van der Waals surface area contributed by atoms with Gasteiger partial charge in [0, 0.05) is 37.2 Å². The van der Waals surface area contributed by atoms with E-state index in [0.717, 1.165) is 22.3 Å². The fourth-order valence-electron chi connectivity index (χ4n) is 5.82. The molecule has 0 aliphatic carbocycles. The molecule has 258 valence electrons. The molecule has 1 fully saturated rings. The van der Waals surface area contributed by atoms with Crippen LogP contribution in [0.2, 0.25) is 0 Å². The summed E-state index contributed by atoms with van der Waals surface area (Å²) in [5.41, 5.74) is 4.51. The quantitative estimate of drug-likeness (QED) is 0.124. The first kappa shape index (κ1) is 35.5. The average molecular weight is 670 g/mol. The lowest BCUT2D eigenvalue weighted by Crippen LogP contribution is -2.45. The Balaban J connectivity index is 1.25. The molecule has 1 saturated heterocycles. The molecule has 4 aromatic rings. The molecule has 49 heavy (non-hydrogen) atoms. The van der Waals surface area contributed by atoms with Crippen LogP contribution in [0, 0.1) is 0 Å². The van der Waals surface area contributed by atoms with Crippen molar-refractivity contribution in [1.82, 2.24) is 10.2 Å². The summed E-state index contributed by atoms with van der Waals surface area (Å²) in [4.78, 5) is 27.2. The molecule has 0 radical (unpaired) electrons. The highest BCUT2D eigenvalue weighted by atomic mass is 16.7. The van der Waals surface area contributed by atoms with Crippen LogP contribution < -0.4 is 10.6 Å². The number of phenols is 1. The first-order valence-electron chi connectivity index (χ1n) is 16.2. The Kier molecular flexibility index (Phi) is 12.4. The van der Waals surface area contributed by atoms with E-state index in [1.165, 1.54) is 7.11 Å². The van der Waals surface area contributed by atoms with E-state index in [1.807, 2.05) is 78.7 Å². The molecule has 2 amide bonds. The largest absolute Gasteiger partial charge is 0.508 e. The van der Waals surface area contributed by atoms with Gasteiger partial charge in [-0.3, -0.25) is 0 Å². The number of anilines is 1. The van der Waals surface area contributed by atoms with Gasteiger partial charge >= 0.3 is 12.0 Å². The summed E-state index contributed by atoms with van der Waals surface area (Å²) < 4.78 is 17.8. The zero-order chi connectivity index (χ0) is 34.8. The SMILES string of the molecule is COC(=O)[C@H](Cc1ccccc1)NC(=O)Nc1ccc([C@H]2O[C@@H](CN(C)C[C@@H](O)c3cccc(O)c3)C[C@@H](c3ccc(CO)cc3)O2)cc1. The van der Waals surface area contributed by atoms with Crippen LogP contribution >= 0.6 is 0 Å². The number of methoxy groups -OCH3 is 1. The maximum atomic E-state index is 12.9. The Hall–Kier alpha value is -4.78. The van der Waals surface area contributed by atoms with Gasteiger partial charge in [-0.1, -0.05) is 78.9 Å². The molecule has 0 bridgehead atoms. The number of phenolic OH excluding ortho intramolecular Hbond substituents is 1. The number of rotatable bonds is 13. The minimum Gasteiger partial charge on any atom is -0.508 e. The van der Waals surface area contributed by atoms with Crippen molar-refractivity contribution in [3.05, 3.63) is 131 Å². The number of nitrogens with zero attached hydrogens (tertiary/aromatic N) is 1. The summed E-state index contributed by atoms with van der Waals surface area (Å²) in [5.74, 6) is -0.448. The van der Waals surface area contributed by atoms with Crippen LogP contribution in [0.5, 0.6) is 5.75 Å². The van der Waals surface area contributed by atoms with Crippen LogP contribution in [0.3, 0.4) is 0 Å². The molecule has 1 heterocycles. The predicted octanol–water partition coefficient (Wildman–Crippen LogP) is 5.00. The topological polar surface area (TPSA) is 150 Å². The fourth-order valence-corrected chi connectivity index (χ4v) is 5.82. The molecular weight excluding hydrogens is 626 g/mol. The van der Waals surface area contributed by atoms with E-state index in [0.29, 0.717) is 30.8 Å². The number of carbonyl (C=O) groups is 2. The monoisotopic (exact) mass is 669 g/mol. The Morgan fingerprint density at radius 1 is 0.918 bits per heavy atom. The first-order chi connectivity index (χ1) is 23.7. The van der Waals surface area contributed by atoms with Gasteiger partial charge in [-0.15, -0.1) is 0 Å². The van der Waals surface area contributed by atoms with Gasteiger partial charge in [-0.05, 0) is 53.6 Å². The number of ether oxygens (including phenoxy) is 3. The fraction of sp³-hybridized carbons (Fsp3) is 0.316. The van der Waals surface area contributed by atoms with Crippen LogP contribution in [0.15, 0.2) is 103 Å². The number of esters is 1. The summed E-state index contributed by atoms with van der Waals surface area (Å²) in [6.07, 6.45) is -1.23. The van der Waals surface area contributed by atoms with Crippen molar-refractivity contribution in [3.63, 3.8) is 0 Å². The highest BCUT2D eigenvalue weighted by Crippen LogP contribution is 2.38. The van der Waals surface area contributed by atoms with Crippen LogP contribution in [-0.2, 0) is 32.0 Å². The number of likely N-dealkylation sites (N-methyl/N-ethyl adjacent to an activating group) is 1. The van der Waals surface area contributed by atoms with Gasteiger partial charge in [0.2, 0.25) is 0 Å². The van der Waals surface area contributed by atoms with Crippen LogP contribution in [0.1, 0.15) is 52.7 Å². The molecular formula is C38H43N3O8. The van der Waals surface area contributed by atoms with Gasteiger partial charge in [0.15, 0.2) is 6.29 Å². The maximum absolute atomic E-state index is 12.9. The molecule has 11 heteroatoms. The van der Waals surface area contributed by atoms with Gasteiger partial charge in [-0.25, -0.2) is 9.59 Å². The molecule has 5 atom stereocenters. The Labute approximate surface area is 286 Å². The molecule has 0 saturated carbocycles. The van der Waals surface area contributed by atoms with Gasteiger partial charge in [0.1, 0.15) is 11.8 Å². The highest BCUT2D eigenvalue weighted by molar-refractivity contribution is 5.92. The Morgan fingerprint density at radius 3 is 2.31 bits per heavy atom. The maximum Gasteiger partial charge on any atom is 0.328 e. The van der Waals surface area contributed by atoms with E-state index in [1.54, 1.807) is 36.4 Å². The number of aliphatic hydroxyl groups excluding tert-OH is 2. The summed E-state index contributed by atoms with van der Waals surface area (Å²) in [6.45, 7) is 0.779. The van der Waals surface area contributed by atoms with Crippen molar-refractivity contribution in [2.24, 2.45) is 0 Å². The number of hydrogen-bond acceptors (Lipinski definition) is 9. The lowest BCUT2D eigenvalue weighted by atomic mass is 9.99. The van der Waals surface area contributed by atoms with Crippen molar-refractivity contribution in [3.8, 4) is 5.75 Å². The van der Waals surface area contributed by atoms with E-state index in [4.69, 9.17) is 14.2 Å². The zero-order valence-electron chi connectivity index (χ0n) is 27.6. The molecule has 5 N–H and O–H groups in total. The number of carbonyl (C=O) groups excluding carboxylic acids is 2. The van der Waals surface area contributed by atoms with E-state index in [2.05, 4.69) is 10.6 Å². The van der Waals surface area contributed by atoms with Crippen molar-refractivity contribution in [2.75, 3.05) is 32.6 Å². The number of hydrogen-bond donors (Lipinski definition) is 5. The normalized spacial score (nSPS) is 18.8. The van der Waals surface area contributed by atoms with Crippen LogP contribution in [0.25, 0.3) is 0 Å². The Bertz CT molecular complexity index is 1650. The smallest absolute Gasteiger partial charge is 0.328 e. The third-order valence-electron chi connectivity index (χ3n) is 8.38. The molecule has 5 rings (SSSR count). The third-order valence-corrected chi connectivity index (χ3v) is 8.38. The van der Waals surface area contributed by atoms with Crippen LogP contribution in [-0.4, -0.2) is 71.6 Å². The Morgan fingerprint density at radius 2 is 1.63 bits per heavy atom. The lowest BCUT2D eigenvalue weighted by Gasteiger charge is -2.38. The van der Waals surface area contributed by atoms with E-state index < -0.39 is 30.4 Å². The van der Waals surface area contributed by atoms with Crippen molar-refractivity contribution in [2.45, 2.75) is 50.1 Å². The molecule has 0 unspecified atom stereocenters. The highest BCUT2D eigenvalue weighted by Gasteiger charge is 2.33. The summed E-state index contributed by atoms with van der Waals surface area (Å²) >= 11 is 0. The van der Waals surface area contributed by atoms with Gasteiger partial charge in [0.05, 0.1) is 32.0 Å². The summed E-state index contributed by atoms with van der Waals surface area (Å²) in [7, 11) is 3.19. The zero-order valence-corrected chi connectivity index (χ0v) is 27.6. The predicted molar refractivity (Wildman–Crippen MR) is 184 cm³/mol. The minimum atomic E-state index is -0.866. The molecule has 1 aliphatic heterocycles. The third kappa shape index (κ3) is 10.1. The summed E-state index contributed by atoms with van der Waals surface area (Å²) in [5, 5.41) is 35.6. The second kappa shape index (κ2) is 17.0. The number of amides is 2. The van der Waals surface area contributed by atoms with Gasteiger partial charge in [-0.2, -0.15) is 0 Å². The second-order valence-electron chi connectivity index (χ2n) is 12.2. The van der Waals surface area contributed by atoms with Gasteiger partial charge < -0.3 is 45.1 Å². The van der Waals surface area contributed by atoms with Crippen molar-refractivity contribution >= 4 is 17.7 Å². The summed E-state index contributed by atoms with van der Waals surface area (Å²) in [6, 6.07) is 29.2. The first-order valence-corrected chi connectivity index (χ1v) is 16.2. The molecule has 0 aromatic heterocycles. The molecule has 4 aromatic carbocycles. The van der Waals surface area contributed by atoms with E-state index in [-0.39, 0.29) is 31.0 Å². The van der Waals surface area contributed by atoms with Crippen LogP contribution in [0.4, 0.5) is 10.5 Å². The average Bonchev–Trinajstić information content (AvgIpc) is 3.11. The number of aliphatic hydroxyl groups is 2. The van der Waals surface area contributed by atoms with Crippen molar-refractivity contribution < 1.29 is 39.1 Å². The number of nitrogens with one attached hydrogen (secondary N) is 2. The van der Waals surface area contributed by atoms with Gasteiger partial charge in [0.25, 0.3) is 0 Å². The number of benzene rings is 4. The van der Waals surface area contributed by atoms with E-state index in [9.17, 15) is 24.9 Å². The van der Waals surface area contributed by atoms with Crippen molar-refractivity contribution in [1.29, 1.82) is 0 Å². The second-order valence-corrected chi connectivity index (χ2v) is 12.2. The van der Waals surface area contributed by atoms with E-state index >= 15 is 0 Å². The molecule has 11 nitrogen and oxygen atoms in total. The number of urea groups is 1.